The number of amides is 1. The van der Waals surface area contributed by atoms with Gasteiger partial charge in [0.2, 0.25) is 0 Å². The summed E-state index contributed by atoms with van der Waals surface area (Å²) in [5.74, 6) is -4.03. The summed E-state index contributed by atoms with van der Waals surface area (Å²) < 4.78 is 66.5. The normalized spacial score (nSPS) is 12.1. The second kappa shape index (κ2) is 6.75. The van der Waals surface area contributed by atoms with E-state index in [0.29, 0.717) is 10.5 Å². The third-order valence-electron chi connectivity index (χ3n) is 2.14. The van der Waals surface area contributed by atoms with Crippen LogP contribution in [-0.2, 0) is 0 Å². The third-order valence-corrected chi connectivity index (χ3v) is 3.04. The lowest BCUT2D eigenvalue weighted by molar-refractivity contribution is -0.153. The van der Waals surface area contributed by atoms with Crippen LogP contribution in [0.4, 0.5) is 22.0 Å². The minimum Gasteiger partial charge on any atom is -0.483 e. The van der Waals surface area contributed by atoms with Crippen molar-refractivity contribution < 1.29 is 31.5 Å². The summed E-state index contributed by atoms with van der Waals surface area (Å²) in [6, 6.07) is 3.76. The van der Waals surface area contributed by atoms with Gasteiger partial charge in [0.05, 0.1) is 10.1 Å². The van der Waals surface area contributed by atoms with Crippen molar-refractivity contribution in [3.8, 4) is 5.75 Å². The maximum Gasteiger partial charge on any atom is 0.422 e. The number of ether oxygens (including phenoxy) is 1. The van der Waals surface area contributed by atoms with Gasteiger partial charge in [-0.2, -0.15) is 13.2 Å². The molecule has 0 aliphatic carbocycles. The highest BCUT2D eigenvalue weighted by molar-refractivity contribution is 14.1. The first kappa shape index (κ1) is 17.9. The van der Waals surface area contributed by atoms with Gasteiger partial charge in [0.25, 0.3) is 11.8 Å². The van der Waals surface area contributed by atoms with Crippen molar-refractivity contribution in [2.24, 2.45) is 0 Å². The summed E-state index contributed by atoms with van der Waals surface area (Å²) in [5, 5.41) is 1.99. The molecule has 1 aromatic carbocycles. The van der Waals surface area contributed by atoms with E-state index in [0.717, 1.165) is 6.07 Å². The summed E-state index contributed by atoms with van der Waals surface area (Å²) in [6.45, 7) is -1.73. The number of nitrogens with one attached hydrogen (secondary N) is 1. The van der Waals surface area contributed by atoms with E-state index in [9.17, 15) is 26.7 Å². The average Bonchev–Trinajstić information content (AvgIpc) is 2.33. The molecule has 3 nitrogen and oxygen atoms in total. The molecule has 1 N–H and O–H groups in total. The van der Waals surface area contributed by atoms with Crippen LogP contribution in [0.15, 0.2) is 18.2 Å². The fraction of sp³-hybridized carbons (Fsp3) is 0.417. The highest BCUT2D eigenvalue weighted by atomic mass is 127. The number of hydrogen-bond acceptors (Lipinski definition) is 2. The standard InChI is InChI=1S/C12H11F5INO2/c1-11(13,14)5-19-10(20)7-2-3-8(18)9(4-7)21-6-12(15,16)17/h2-4H,5-6H2,1H3,(H,19,20). The molecule has 0 unspecified atom stereocenters. The highest BCUT2D eigenvalue weighted by Crippen LogP contribution is 2.25. The first-order valence-corrected chi connectivity index (χ1v) is 6.71. The molecule has 0 atom stereocenters. The Morgan fingerprint density at radius 1 is 1.29 bits per heavy atom. The number of rotatable bonds is 5. The van der Waals surface area contributed by atoms with Gasteiger partial charge in [0.15, 0.2) is 6.61 Å². The summed E-state index contributed by atoms with van der Waals surface area (Å²) in [5.41, 5.74) is -0.0585. The van der Waals surface area contributed by atoms with Gasteiger partial charge in [-0.05, 0) is 40.8 Å². The van der Waals surface area contributed by atoms with Gasteiger partial charge >= 0.3 is 6.18 Å². The molecule has 0 bridgehead atoms. The Hall–Kier alpha value is -1.13. The molecule has 0 radical (unpaired) electrons. The lowest BCUT2D eigenvalue weighted by Crippen LogP contribution is -2.34. The van der Waals surface area contributed by atoms with Crippen molar-refractivity contribution in [2.45, 2.75) is 19.0 Å². The summed E-state index contributed by atoms with van der Waals surface area (Å²) in [4.78, 5) is 11.6. The van der Waals surface area contributed by atoms with Crippen LogP contribution in [0.1, 0.15) is 17.3 Å². The smallest absolute Gasteiger partial charge is 0.422 e. The molecular weight excluding hydrogens is 412 g/mol. The molecule has 0 aliphatic rings. The predicted molar refractivity (Wildman–Crippen MR) is 73.7 cm³/mol. The van der Waals surface area contributed by atoms with Crippen LogP contribution in [0, 0.1) is 3.57 Å². The molecule has 0 spiro atoms. The minimum absolute atomic E-state index is 0.0585. The molecule has 0 aliphatic heterocycles. The van der Waals surface area contributed by atoms with Gasteiger partial charge in [-0.25, -0.2) is 8.78 Å². The molecule has 0 aromatic heterocycles. The zero-order valence-electron chi connectivity index (χ0n) is 10.7. The van der Waals surface area contributed by atoms with Crippen molar-refractivity contribution in [1.82, 2.24) is 5.32 Å². The fourth-order valence-corrected chi connectivity index (χ4v) is 1.74. The minimum atomic E-state index is -4.51. The Bertz CT molecular complexity index is 513. The van der Waals surface area contributed by atoms with Crippen LogP contribution in [0.3, 0.4) is 0 Å². The lowest BCUT2D eigenvalue weighted by Gasteiger charge is -2.13. The van der Waals surface area contributed by atoms with Crippen molar-refractivity contribution in [3.63, 3.8) is 0 Å². The molecule has 0 saturated carbocycles. The molecule has 118 valence electrons. The van der Waals surface area contributed by atoms with E-state index in [1.165, 1.54) is 12.1 Å². The van der Waals surface area contributed by atoms with E-state index in [1.807, 2.05) is 5.32 Å². The average molecular weight is 423 g/mol. The summed E-state index contributed by atoms with van der Waals surface area (Å²) >= 11 is 1.74. The molecule has 0 heterocycles. The summed E-state index contributed by atoms with van der Waals surface area (Å²) in [6.07, 6.45) is -4.51. The Morgan fingerprint density at radius 2 is 1.90 bits per heavy atom. The quantitative estimate of drug-likeness (QED) is 0.581. The van der Waals surface area contributed by atoms with Crippen LogP contribution in [0.25, 0.3) is 0 Å². The molecule has 0 saturated heterocycles. The van der Waals surface area contributed by atoms with Gasteiger partial charge in [-0.15, -0.1) is 0 Å². The summed E-state index contributed by atoms with van der Waals surface area (Å²) in [7, 11) is 0. The van der Waals surface area contributed by atoms with Gasteiger partial charge in [0, 0.05) is 12.5 Å². The largest absolute Gasteiger partial charge is 0.483 e. The fourth-order valence-electron chi connectivity index (χ4n) is 1.25. The van der Waals surface area contributed by atoms with E-state index in [-0.39, 0.29) is 11.3 Å². The third kappa shape index (κ3) is 6.91. The topological polar surface area (TPSA) is 38.3 Å². The number of benzene rings is 1. The highest BCUT2D eigenvalue weighted by Gasteiger charge is 2.29. The predicted octanol–water partition coefficient (Wildman–Crippen LogP) is 3.62. The second-order valence-corrected chi connectivity index (χ2v) is 5.46. The molecule has 0 fully saturated rings. The maximum atomic E-state index is 12.6. The first-order chi connectivity index (χ1) is 9.48. The maximum absolute atomic E-state index is 12.6. The molecule has 1 amide bonds. The van der Waals surface area contributed by atoms with Crippen LogP contribution in [-0.4, -0.2) is 31.2 Å². The van der Waals surface area contributed by atoms with E-state index < -0.39 is 31.2 Å². The molecule has 1 aromatic rings. The zero-order chi connectivity index (χ0) is 16.3. The first-order valence-electron chi connectivity index (χ1n) is 5.63. The van der Waals surface area contributed by atoms with E-state index in [2.05, 4.69) is 4.74 Å². The van der Waals surface area contributed by atoms with Crippen molar-refractivity contribution in [2.75, 3.05) is 13.2 Å². The zero-order valence-corrected chi connectivity index (χ0v) is 12.9. The van der Waals surface area contributed by atoms with E-state index in [4.69, 9.17) is 0 Å². The van der Waals surface area contributed by atoms with Crippen LogP contribution in [0.2, 0.25) is 0 Å². The van der Waals surface area contributed by atoms with E-state index >= 15 is 0 Å². The number of carbonyl (C=O) groups excluding carboxylic acids is 1. The van der Waals surface area contributed by atoms with Crippen LogP contribution >= 0.6 is 22.6 Å². The molecular formula is C12H11F5INO2. The number of halogens is 6. The van der Waals surface area contributed by atoms with Crippen LogP contribution in [0.5, 0.6) is 5.75 Å². The Kier molecular flexibility index (Phi) is 5.76. The van der Waals surface area contributed by atoms with Gasteiger partial charge in [-0.3, -0.25) is 4.79 Å². The van der Waals surface area contributed by atoms with Gasteiger partial charge < -0.3 is 10.1 Å². The van der Waals surface area contributed by atoms with Crippen molar-refractivity contribution in [3.05, 3.63) is 27.3 Å². The van der Waals surface area contributed by atoms with Crippen molar-refractivity contribution >= 4 is 28.5 Å². The Balaban J connectivity index is 2.79. The van der Waals surface area contributed by atoms with E-state index in [1.54, 1.807) is 22.6 Å². The monoisotopic (exact) mass is 423 g/mol. The molecule has 1 rings (SSSR count). The number of hydrogen-bond donors (Lipinski definition) is 1. The lowest BCUT2D eigenvalue weighted by atomic mass is 10.2. The number of carbonyl (C=O) groups is 1. The Labute approximate surface area is 131 Å². The number of alkyl halides is 5. The SMILES string of the molecule is CC(F)(F)CNC(=O)c1ccc(I)c(OCC(F)(F)F)c1. The van der Waals surface area contributed by atoms with Gasteiger partial charge in [0.1, 0.15) is 5.75 Å². The van der Waals surface area contributed by atoms with Gasteiger partial charge in [-0.1, -0.05) is 0 Å². The van der Waals surface area contributed by atoms with Crippen LogP contribution < -0.4 is 10.1 Å². The second-order valence-electron chi connectivity index (χ2n) is 4.30. The molecule has 21 heavy (non-hydrogen) atoms. The van der Waals surface area contributed by atoms with Crippen molar-refractivity contribution in [1.29, 1.82) is 0 Å². The molecule has 9 heteroatoms. The Morgan fingerprint density at radius 3 is 2.43 bits per heavy atom.